The molecule has 1 rings (SSSR count). The topological polar surface area (TPSA) is 29.4 Å². The van der Waals surface area contributed by atoms with Crippen LogP contribution in [0, 0.1) is 4.91 Å². The van der Waals surface area contributed by atoms with Crippen molar-refractivity contribution in [1.82, 2.24) is 0 Å². The SMILES string of the molecule is CCC(N=O)C(C)([SiH3])c1ccccc1. The van der Waals surface area contributed by atoms with E-state index in [9.17, 15) is 4.91 Å². The molecule has 76 valence electrons. The largest absolute Gasteiger partial charge is 0.151 e. The molecule has 2 nitrogen and oxygen atoms in total. The maximum atomic E-state index is 10.7. The molecule has 0 saturated carbocycles. The lowest BCUT2D eigenvalue weighted by Gasteiger charge is -2.29. The van der Waals surface area contributed by atoms with Crippen molar-refractivity contribution in [1.29, 1.82) is 0 Å². The molecule has 2 atom stereocenters. The van der Waals surface area contributed by atoms with E-state index in [4.69, 9.17) is 0 Å². The molecule has 0 saturated heterocycles. The summed E-state index contributed by atoms with van der Waals surface area (Å²) in [5.41, 5.74) is 1.23. The molecule has 0 bridgehead atoms. The fourth-order valence-electron chi connectivity index (χ4n) is 1.78. The summed E-state index contributed by atoms with van der Waals surface area (Å²) in [4.78, 5) is 10.7. The van der Waals surface area contributed by atoms with Crippen LogP contribution in [-0.2, 0) is 5.04 Å². The zero-order valence-electron chi connectivity index (χ0n) is 9.03. The average molecular weight is 207 g/mol. The lowest BCUT2D eigenvalue weighted by molar-refractivity contribution is 0.495. The molecule has 2 unspecified atom stereocenters. The van der Waals surface area contributed by atoms with Crippen molar-refractivity contribution in [2.45, 2.75) is 31.3 Å². The summed E-state index contributed by atoms with van der Waals surface area (Å²) in [5, 5.41) is 3.21. The van der Waals surface area contributed by atoms with E-state index in [1.165, 1.54) is 5.56 Å². The van der Waals surface area contributed by atoms with Gasteiger partial charge in [-0.3, -0.25) is 0 Å². The van der Waals surface area contributed by atoms with Crippen LogP contribution >= 0.6 is 0 Å². The van der Waals surface area contributed by atoms with Crippen LogP contribution in [0.3, 0.4) is 0 Å². The van der Waals surface area contributed by atoms with Crippen molar-refractivity contribution >= 4 is 10.2 Å². The smallest absolute Gasteiger partial charge is 0.0976 e. The average Bonchev–Trinajstić information content (AvgIpc) is 2.20. The predicted molar refractivity (Wildman–Crippen MR) is 63.6 cm³/mol. The predicted octanol–water partition coefficient (Wildman–Crippen LogP) is 1.81. The normalized spacial score (nSPS) is 17.3. The summed E-state index contributed by atoms with van der Waals surface area (Å²) in [6, 6.07) is 10.1. The zero-order valence-corrected chi connectivity index (χ0v) is 11.0. The lowest BCUT2D eigenvalue weighted by atomic mass is 9.91. The van der Waals surface area contributed by atoms with Crippen LogP contribution in [-0.4, -0.2) is 16.3 Å². The number of nitroso groups, excluding NO2 is 1. The molecule has 0 radical (unpaired) electrons. The first kappa shape index (κ1) is 11.1. The van der Waals surface area contributed by atoms with E-state index in [-0.39, 0.29) is 11.1 Å². The number of nitrogens with zero attached hydrogens (tertiary/aromatic N) is 1. The number of rotatable bonds is 4. The minimum Gasteiger partial charge on any atom is -0.151 e. The van der Waals surface area contributed by atoms with Crippen molar-refractivity contribution in [2.75, 3.05) is 0 Å². The molecule has 0 spiro atoms. The van der Waals surface area contributed by atoms with Gasteiger partial charge in [0, 0.05) is 15.3 Å². The van der Waals surface area contributed by atoms with Crippen LogP contribution in [0.25, 0.3) is 0 Å². The van der Waals surface area contributed by atoms with Gasteiger partial charge < -0.3 is 0 Å². The van der Waals surface area contributed by atoms with E-state index in [2.05, 4.69) is 24.2 Å². The Bertz CT molecular complexity index is 297. The highest BCUT2D eigenvalue weighted by Crippen LogP contribution is 2.27. The summed E-state index contributed by atoms with van der Waals surface area (Å²) in [6.07, 6.45) is 0.818. The minimum absolute atomic E-state index is 0.0300. The van der Waals surface area contributed by atoms with Crippen LogP contribution < -0.4 is 0 Å². The highest BCUT2D eigenvalue weighted by atomic mass is 28.1. The molecule has 0 fully saturated rings. The molecule has 0 aliphatic rings. The fraction of sp³-hybridized carbons (Fsp3) is 0.455. The van der Waals surface area contributed by atoms with Gasteiger partial charge in [-0.2, -0.15) is 4.91 Å². The number of benzene rings is 1. The molecule has 0 N–H and O–H groups in total. The summed E-state index contributed by atoms with van der Waals surface area (Å²) < 4.78 is 0. The third kappa shape index (κ3) is 2.10. The van der Waals surface area contributed by atoms with Gasteiger partial charge in [-0.15, -0.1) is 0 Å². The molecule has 0 heterocycles. The molecule has 1 aromatic rings. The van der Waals surface area contributed by atoms with Gasteiger partial charge in [0.05, 0.1) is 6.04 Å². The van der Waals surface area contributed by atoms with Crippen LogP contribution in [0.2, 0.25) is 0 Å². The van der Waals surface area contributed by atoms with Crippen molar-refractivity contribution in [3.63, 3.8) is 0 Å². The maximum Gasteiger partial charge on any atom is 0.0976 e. The van der Waals surface area contributed by atoms with Crippen molar-refractivity contribution in [3.8, 4) is 0 Å². The summed E-state index contributed by atoms with van der Waals surface area (Å²) in [7, 11) is 0.945. The monoisotopic (exact) mass is 207 g/mol. The summed E-state index contributed by atoms with van der Waals surface area (Å²) >= 11 is 0. The Labute approximate surface area is 88.1 Å². The molecule has 14 heavy (non-hydrogen) atoms. The van der Waals surface area contributed by atoms with Gasteiger partial charge in [0.15, 0.2) is 0 Å². The summed E-state index contributed by atoms with van der Waals surface area (Å²) in [6.45, 7) is 4.15. The third-order valence-electron chi connectivity index (χ3n) is 2.86. The number of hydrogen-bond donors (Lipinski definition) is 0. The van der Waals surface area contributed by atoms with E-state index >= 15 is 0 Å². The molecular formula is C11H17NOSi. The Kier molecular flexibility index (Phi) is 3.58. The Morgan fingerprint density at radius 2 is 2.00 bits per heavy atom. The van der Waals surface area contributed by atoms with Gasteiger partial charge >= 0.3 is 0 Å². The quantitative estimate of drug-likeness (QED) is 0.547. The summed E-state index contributed by atoms with van der Waals surface area (Å²) in [5.74, 6) is 0. The Hall–Kier alpha value is -0.963. The first-order valence-corrected chi connectivity index (χ1v) is 6.01. The molecule has 0 aliphatic carbocycles. The molecule has 1 aromatic carbocycles. The van der Waals surface area contributed by atoms with E-state index < -0.39 is 0 Å². The first-order valence-electron chi connectivity index (χ1n) is 5.01. The molecular weight excluding hydrogens is 190 g/mol. The van der Waals surface area contributed by atoms with Crippen molar-refractivity contribution in [2.24, 2.45) is 5.18 Å². The Balaban J connectivity index is 3.00. The standard InChI is InChI=1S/C11H17NOSi/c1-3-10(12-13)11(2,14)9-7-5-4-6-8-9/h4-8,10H,3H2,1-2,14H3. The molecule has 3 heteroatoms. The van der Waals surface area contributed by atoms with Crippen LogP contribution in [0.5, 0.6) is 0 Å². The first-order chi connectivity index (χ1) is 6.62. The van der Waals surface area contributed by atoms with E-state index in [0.717, 1.165) is 16.7 Å². The fourth-order valence-corrected chi connectivity index (χ4v) is 2.62. The highest BCUT2D eigenvalue weighted by molar-refractivity contribution is 6.16. The maximum absolute atomic E-state index is 10.7. The molecule has 0 aliphatic heterocycles. The second-order valence-electron chi connectivity index (χ2n) is 4.12. The van der Waals surface area contributed by atoms with Crippen LogP contribution in [0.1, 0.15) is 25.8 Å². The zero-order chi connectivity index (χ0) is 10.6. The van der Waals surface area contributed by atoms with Crippen molar-refractivity contribution in [3.05, 3.63) is 40.8 Å². The van der Waals surface area contributed by atoms with Gasteiger partial charge in [-0.05, 0) is 12.0 Å². The van der Waals surface area contributed by atoms with Gasteiger partial charge in [-0.1, -0.05) is 49.4 Å². The van der Waals surface area contributed by atoms with Crippen LogP contribution in [0.15, 0.2) is 35.5 Å². The highest BCUT2D eigenvalue weighted by Gasteiger charge is 2.30. The van der Waals surface area contributed by atoms with Gasteiger partial charge in [0.2, 0.25) is 0 Å². The van der Waals surface area contributed by atoms with E-state index in [1.54, 1.807) is 0 Å². The number of hydrogen-bond acceptors (Lipinski definition) is 2. The van der Waals surface area contributed by atoms with Crippen LogP contribution in [0.4, 0.5) is 0 Å². The van der Waals surface area contributed by atoms with Crippen molar-refractivity contribution < 1.29 is 0 Å². The Morgan fingerprint density at radius 3 is 2.43 bits per heavy atom. The lowest BCUT2D eigenvalue weighted by Crippen LogP contribution is -2.35. The van der Waals surface area contributed by atoms with Gasteiger partial charge in [-0.25, -0.2) is 0 Å². The second kappa shape index (κ2) is 4.51. The second-order valence-corrected chi connectivity index (χ2v) is 6.19. The van der Waals surface area contributed by atoms with E-state index in [1.807, 2.05) is 25.1 Å². The van der Waals surface area contributed by atoms with Gasteiger partial charge in [0.1, 0.15) is 0 Å². The third-order valence-corrected chi connectivity index (χ3v) is 4.11. The molecule has 0 aromatic heterocycles. The van der Waals surface area contributed by atoms with E-state index in [0.29, 0.717) is 0 Å². The van der Waals surface area contributed by atoms with Gasteiger partial charge in [0.25, 0.3) is 0 Å². The molecule has 0 amide bonds. The minimum atomic E-state index is -0.0865. The Morgan fingerprint density at radius 1 is 1.43 bits per heavy atom.